The Morgan fingerprint density at radius 3 is 2.67 bits per heavy atom. The smallest absolute Gasteiger partial charge is 0.301 e. The summed E-state index contributed by atoms with van der Waals surface area (Å²) in [4.78, 5) is 4.18. The van der Waals surface area contributed by atoms with Gasteiger partial charge in [0.15, 0.2) is 11.5 Å². The third kappa shape index (κ3) is 1.93. The average Bonchev–Trinajstić information content (AvgIpc) is 2.49. The van der Waals surface area contributed by atoms with E-state index >= 15 is 0 Å². The van der Waals surface area contributed by atoms with E-state index in [0.29, 0.717) is 11.8 Å². The van der Waals surface area contributed by atoms with Crippen LogP contribution in [0, 0.1) is 6.92 Å². The van der Waals surface area contributed by atoms with Crippen LogP contribution in [0.2, 0.25) is 0 Å². The Labute approximate surface area is 87.8 Å². The lowest BCUT2D eigenvalue weighted by Gasteiger charge is -2.05. The first kappa shape index (κ1) is 9.58. The highest BCUT2D eigenvalue weighted by Gasteiger charge is 2.07. The van der Waals surface area contributed by atoms with Crippen molar-refractivity contribution in [3.8, 4) is 17.5 Å². The van der Waals surface area contributed by atoms with Gasteiger partial charge in [-0.25, -0.2) is 4.98 Å². The SMILES string of the molecule is Cc1cn(C)c(Oc2ccccc2O)n1. The lowest BCUT2D eigenvalue weighted by Crippen LogP contribution is -1.93. The molecule has 0 unspecified atom stereocenters. The van der Waals surface area contributed by atoms with E-state index in [0.717, 1.165) is 5.69 Å². The van der Waals surface area contributed by atoms with Crippen molar-refractivity contribution in [1.82, 2.24) is 9.55 Å². The fraction of sp³-hybridized carbons (Fsp3) is 0.182. The number of aryl methyl sites for hydroxylation is 2. The van der Waals surface area contributed by atoms with Crippen LogP contribution < -0.4 is 4.74 Å². The van der Waals surface area contributed by atoms with Gasteiger partial charge in [-0.15, -0.1) is 0 Å². The number of hydrogen-bond donors (Lipinski definition) is 1. The molecule has 2 aromatic rings. The normalized spacial score (nSPS) is 10.3. The maximum atomic E-state index is 9.51. The summed E-state index contributed by atoms with van der Waals surface area (Å²) >= 11 is 0. The molecule has 1 aromatic heterocycles. The topological polar surface area (TPSA) is 47.3 Å². The van der Waals surface area contributed by atoms with Crippen molar-refractivity contribution < 1.29 is 9.84 Å². The monoisotopic (exact) mass is 204 g/mol. The minimum atomic E-state index is 0.109. The molecular formula is C11H12N2O2. The average molecular weight is 204 g/mol. The van der Waals surface area contributed by atoms with Crippen LogP contribution in [-0.2, 0) is 7.05 Å². The molecule has 0 radical (unpaired) electrons. The molecule has 0 aliphatic rings. The lowest BCUT2D eigenvalue weighted by molar-refractivity contribution is 0.383. The summed E-state index contributed by atoms with van der Waals surface area (Å²) < 4.78 is 7.23. The zero-order valence-electron chi connectivity index (χ0n) is 8.64. The lowest BCUT2D eigenvalue weighted by atomic mass is 10.3. The van der Waals surface area contributed by atoms with Crippen LogP contribution in [0.1, 0.15) is 5.69 Å². The Bertz CT molecular complexity index is 477. The first-order valence-electron chi connectivity index (χ1n) is 4.62. The quantitative estimate of drug-likeness (QED) is 0.815. The van der Waals surface area contributed by atoms with Crippen LogP contribution in [0.25, 0.3) is 0 Å². The van der Waals surface area contributed by atoms with Gasteiger partial charge in [0.25, 0.3) is 0 Å². The number of ether oxygens (including phenoxy) is 1. The zero-order chi connectivity index (χ0) is 10.8. The van der Waals surface area contributed by atoms with E-state index in [1.165, 1.54) is 0 Å². The summed E-state index contributed by atoms with van der Waals surface area (Å²) in [5.41, 5.74) is 0.878. The minimum Gasteiger partial charge on any atom is -0.504 e. The van der Waals surface area contributed by atoms with Crippen LogP contribution in [0.15, 0.2) is 30.5 Å². The molecular weight excluding hydrogens is 192 g/mol. The highest BCUT2D eigenvalue weighted by molar-refractivity contribution is 5.39. The van der Waals surface area contributed by atoms with Gasteiger partial charge < -0.3 is 14.4 Å². The van der Waals surface area contributed by atoms with Crippen molar-refractivity contribution in [2.45, 2.75) is 6.92 Å². The van der Waals surface area contributed by atoms with Gasteiger partial charge in [-0.1, -0.05) is 12.1 Å². The highest BCUT2D eigenvalue weighted by Crippen LogP contribution is 2.28. The number of aromatic nitrogens is 2. The first-order valence-corrected chi connectivity index (χ1v) is 4.62. The second-order valence-electron chi connectivity index (χ2n) is 3.35. The number of para-hydroxylation sites is 2. The van der Waals surface area contributed by atoms with Crippen LogP contribution in [0.5, 0.6) is 17.5 Å². The molecule has 0 atom stereocenters. The van der Waals surface area contributed by atoms with Gasteiger partial charge in [0.1, 0.15) is 0 Å². The predicted molar refractivity (Wildman–Crippen MR) is 56.1 cm³/mol. The molecule has 0 aliphatic heterocycles. The van der Waals surface area contributed by atoms with Crippen molar-refractivity contribution in [2.24, 2.45) is 7.05 Å². The van der Waals surface area contributed by atoms with Gasteiger partial charge in [0, 0.05) is 13.2 Å². The van der Waals surface area contributed by atoms with Crippen molar-refractivity contribution >= 4 is 0 Å². The summed E-state index contributed by atoms with van der Waals surface area (Å²) in [7, 11) is 1.84. The summed E-state index contributed by atoms with van der Waals surface area (Å²) in [6, 6.07) is 7.27. The molecule has 78 valence electrons. The second-order valence-corrected chi connectivity index (χ2v) is 3.35. The third-order valence-corrected chi connectivity index (χ3v) is 2.02. The molecule has 0 bridgehead atoms. The first-order chi connectivity index (χ1) is 7.16. The number of aromatic hydroxyl groups is 1. The molecule has 0 amide bonds. The number of phenols is 1. The summed E-state index contributed by atoms with van der Waals surface area (Å²) in [6.45, 7) is 1.89. The molecule has 1 aromatic carbocycles. The Balaban J connectivity index is 2.29. The fourth-order valence-corrected chi connectivity index (χ4v) is 1.33. The Hall–Kier alpha value is -1.97. The molecule has 0 fully saturated rings. The van der Waals surface area contributed by atoms with E-state index in [4.69, 9.17) is 4.74 Å². The summed E-state index contributed by atoms with van der Waals surface area (Å²) in [6.07, 6.45) is 1.86. The predicted octanol–water partition coefficient (Wildman–Crippen LogP) is 2.23. The zero-order valence-corrected chi connectivity index (χ0v) is 8.64. The molecule has 2 rings (SSSR count). The van der Waals surface area contributed by atoms with Gasteiger partial charge in [-0.3, -0.25) is 0 Å². The Morgan fingerprint density at radius 2 is 2.07 bits per heavy atom. The van der Waals surface area contributed by atoms with E-state index in [9.17, 15) is 5.11 Å². The Morgan fingerprint density at radius 1 is 1.33 bits per heavy atom. The maximum absolute atomic E-state index is 9.51. The van der Waals surface area contributed by atoms with E-state index in [1.54, 1.807) is 28.8 Å². The molecule has 4 nitrogen and oxygen atoms in total. The summed E-state index contributed by atoms with van der Waals surface area (Å²) in [5, 5.41) is 9.51. The van der Waals surface area contributed by atoms with Crippen LogP contribution in [0.3, 0.4) is 0 Å². The van der Waals surface area contributed by atoms with Gasteiger partial charge >= 0.3 is 6.01 Å². The van der Waals surface area contributed by atoms with Crippen molar-refractivity contribution in [3.05, 3.63) is 36.2 Å². The van der Waals surface area contributed by atoms with Crippen LogP contribution in [-0.4, -0.2) is 14.7 Å². The number of phenolic OH excluding ortho intramolecular Hbond substituents is 1. The molecule has 0 aliphatic carbocycles. The van der Waals surface area contributed by atoms with Crippen molar-refractivity contribution in [2.75, 3.05) is 0 Å². The second kappa shape index (κ2) is 3.65. The Kier molecular flexibility index (Phi) is 2.33. The van der Waals surface area contributed by atoms with E-state index in [-0.39, 0.29) is 5.75 Å². The van der Waals surface area contributed by atoms with Crippen molar-refractivity contribution in [3.63, 3.8) is 0 Å². The van der Waals surface area contributed by atoms with Crippen molar-refractivity contribution in [1.29, 1.82) is 0 Å². The number of rotatable bonds is 2. The van der Waals surface area contributed by atoms with E-state index < -0.39 is 0 Å². The minimum absolute atomic E-state index is 0.109. The van der Waals surface area contributed by atoms with Gasteiger partial charge in [0.2, 0.25) is 0 Å². The van der Waals surface area contributed by atoms with Gasteiger partial charge in [-0.2, -0.15) is 0 Å². The number of hydrogen-bond acceptors (Lipinski definition) is 3. The highest BCUT2D eigenvalue weighted by atomic mass is 16.5. The molecule has 1 heterocycles. The fourth-order valence-electron chi connectivity index (χ4n) is 1.33. The third-order valence-electron chi connectivity index (χ3n) is 2.02. The summed E-state index contributed by atoms with van der Waals surface area (Å²) in [5.74, 6) is 0.518. The van der Waals surface area contributed by atoms with Crippen LogP contribution in [0.4, 0.5) is 0 Å². The molecule has 0 spiro atoms. The van der Waals surface area contributed by atoms with E-state index in [2.05, 4.69) is 4.98 Å². The number of benzene rings is 1. The molecule has 1 N–H and O–H groups in total. The van der Waals surface area contributed by atoms with Gasteiger partial charge in [-0.05, 0) is 19.1 Å². The number of imidazole rings is 1. The van der Waals surface area contributed by atoms with Crippen LogP contribution >= 0.6 is 0 Å². The molecule has 0 saturated carbocycles. The maximum Gasteiger partial charge on any atom is 0.301 e. The molecule has 15 heavy (non-hydrogen) atoms. The number of nitrogens with zero attached hydrogens (tertiary/aromatic N) is 2. The van der Waals surface area contributed by atoms with E-state index in [1.807, 2.05) is 20.2 Å². The van der Waals surface area contributed by atoms with Gasteiger partial charge in [0.05, 0.1) is 5.69 Å². The largest absolute Gasteiger partial charge is 0.504 e. The molecule has 4 heteroatoms. The standard InChI is InChI=1S/C11H12N2O2/c1-8-7-13(2)11(12-8)15-10-6-4-3-5-9(10)14/h3-7,14H,1-2H3. The molecule has 0 saturated heterocycles.